The lowest BCUT2D eigenvalue weighted by molar-refractivity contribution is -0.120. The molecule has 0 unspecified atom stereocenters. The number of piperidine rings is 1. The van der Waals surface area contributed by atoms with E-state index in [9.17, 15) is 9.90 Å². The number of phenols is 1. The zero-order valence-electron chi connectivity index (χ0n) is 13.1. The fourth-order valence-corrected chi connectivity index (χ4v) is 2.81. The lowest BCUT2D eigenvalue weighted by atomic mass is 9.95. The minimum Gasteiger partial charge on any atom is -0.506 e. The van der Waals surface area contributed by atoms with E-state index < -0.39 is 0 Å². The van der Waals surface area contributed by atoms with Crippen molar-refractivity contribution in [1.29, 1.82) is 0 Å². The molecule has 1 aliphatic rings. The van der Waals surface area contributed by atoms with E-state index >= 15 is 0 Å². The summed E-state index contributed by atoms with van der Waals surface area (Å²) in [7, 11) is 0. The van der Waals surface area contributed by atoms with Gasteiger partial charge in [0.1, 0.15) is 11.6 Å². The molecule has 2 heterocycles. The van der Waals surface area contributed by atoms with Gasteiger partial charge in [0.25, 0.3) is 0 Å². The van der Waals surface area contributed by atoms with Crippen LogP contribution in [0.25, 0.3) is 0 Å². The van der Waals surface area contributed by atoms with Gasteiger partial charge in [-0.25, -0.2) is 4.98 Å². The number of aromatic nitrogens is 2. The summed E-state index contributed by atoms with van der Waals surface area (Å²) < 4.78 is 0. The monoisotopic (exact) mass is 312 g/mol. The summed E-state index contributed by atoms with van der Waals surface area (Å²) >= 11 is 0. The first kappa shape index (κ1) is 15.3. The smallest absolute Gasteiger partial charge is 0.227 e. The number of phenolic OH excluding ortho intramolecular Hbond substituents is 1. The van der Waals surface area contributed by atoms with Gasteiger partial charge in [0.2, 0.25) is 5.91 Å². The summed E-state index contributed by atoms with van der Waals surface area (Å²) in [6, 6.07) is 5.19. The van der Waals surface area contributed by atoms with E-state index in [2.05, 4.69) is 20.2 Å². The molecule has 23 heavy (non-hydrogen) atoms. The van der Waals surface area contributed by atoms with Crippen molar-refractivity contribution in [2.24, 2.45) is 5.92 Å². The maximum atomic E-state index is 12.4. The van der Waals surface area contributed by atoms with Crippen LogP contribution in [-0.4, -0.2) is 34.1 Å². The Balaban J connectivity index is 1.59. The number of hydrogen-bond donors (Lipinski definition) is 2. The topological polar surface area (TPSA) is 78.4 Å². The van der Waals surface area contributed by atoms with E-state index in [0.717, 1.165) is 37.3 Å². The number of aryl methyl sites for hydroxylation is 1. The minimum absolute atomic E-state index is 0.0373. The van der Waals surface area contributed by atoms with Crippen LogP contribution in [0.1, 0.15) is 18.4 Å². The molecule has 1 aliphatic heterocycles. The lowest BCUT2D eigenvalue weighted by Gasteiger charge is -2.31. The van der Waals surface area contributed by atoms with Crippen LogP contribution in [0.4, 0.5) is 11.5 Å². The molecule has 0 atom stereocenters. The molecule has 1 aromatic carbocycles. The van der Waals surface area contributed by atoms with Crippen LogP contribution in [0.5, 0.6) is 5.75 Å². The van der Waals surface area contributed by atoms with Crippen molar-refractivity contribution in [3.63, 3.8) is 0 Å². The number of benzene rings is 1. The van der Waals surface area contributed by atoms with Crippen molar-refractivity contribution in [1.82, 2.24) is 9.97 Å². The van der Waals surface area contributed by atoms with Crippen molar-refractivity contribution in [3.05, 3.63) is 42.4 Å². The fourth-order valence-electron chi connectivity index (χ4n) is 2.81. The van der Waals surface area contributed by atoms with E-state index in [1.54, 1.807) is 30.7 Å². The maximum absolute atomic E-state index is 12.4. The normalized spacial score (nSPS) is 15.4. The highest BCUT2D eigenvalue weighted by Crippen LogP contribution is 2.27. The molecular formula is C17H20N4O2. The van der Waals surface area contributed by atoms with Gasteiger partial charge in [0, 0.05) is 31.4 Å². The summed E-state index contributed by atoms with van der Waals surface area (Å²) in [5.74, 6) is 0.858. The zero-order chi connectivity index (χ0) is 16.2. The molecule has 0 saturated carbocycles. The molecule has 0 bridgehead atoms. The molecule has 0 aliphatic carbocycles. The molecule has 0 spiro atoms. The summed E-state index contributed by atoms with van der Waals surface area (Å²) in [5, 5.41) is 12.7. The van der Waals surface area contributed by atoms with Gasteiger partial charge in [-0.3, -0.25) is 9.78 Å². The number of hydrogen-bond acceptors (Lipinski definition) is 5. The minimum atomic E-state index is -0.0529. The van der Waals surface area contributed by atoms with Crippen LogP contribution in [0.2, 0.25) is 0 Å². The fraction of sp³-hybridized carbons (Fsp3) is 0.353. The van der Waals surface area contributed by atoms with Gasteiger partial charge in [-0.15, -0.1) is 0 Å². The Morgan fingerprint density at radius 1 is 1.30 bits per heavy atom. The van der Waals surface area contributed by atoms with Crippen molar-refractivity contribution in [2.45, 2.75) is 19.8 Å². The Bertz CT molecular complexity index is 682. The molecule has 120 valence electrons. The number of nitrogens with one attached hydrogen (secondary N) is 1. The molecule has 2 aromatic rings. The number of carbonyl (C=O) groups is 1. The highest BCUT2D eigenvalue weighted by atomic mass is 16.3. The largest absolute Gasteiger partial charge is 0.506 e. The average molecular weight is 312 g/mol. The number of aromatic hydroxyl groups is 1. The van der Waals surface area contributed by atoms with Crippen molar-refractivity contribution < 1.29 is 9.90 Å². The Kier molecular flexibility index (Phi) is 4.41. The molecule has 3 rings (SSSR count). The summed E-state index contributed by atoms with van der Waals surface area (Å²) in [5.41, 5.74) is 1.47. The SMILES string of the molecule is Cc1ccc(O)c(NC(=O)C2CCN(c3cnccn3)CC2)c1. The van der Waals surface area contributed by atoms with Crippen LogP contribution >= 0.6 is 0 Å². The quantitative estimate of drug-likeness (QED) is 0.851. The highest BCUT2D eigenvalue weighted by Gasteiger charge is 2.26. The van der Waals surface area contributed by atoms with Gasteiger partial charge < -0.3 is 15.3 Å². The van der Waals surface area contributed by atoms with Crippen LogP contribution in [0.15, 0.2) is 36.8 Å². The second kappa shape index (κ2) is 6.64. The van der Waals surface area contributed by atoms with E-state index in [1.165, 1.54) is 0 Å². The first-order valence-corrected chi connectivity index (χ1v) is 7.75. The predicted molar refractivity (Wildman–Crippen MR) is 88.4 cm³/mol. The van der Waals surface area contributed by atoms with E-state index in [0.29, 0.717) is 5.69 Å². The van der Waals surface area contributed by atoms with Crippen molar-refractivity contribution in [2.75, 3.05) is 23.3 Å². The van der Waals surface area contributed by atoms with Crippen LogP contribution in [0, 0.1) is 12.8 Å². The van der Waals surface area contributed by atoms with Crippen molar-refractivity contribution >= 4 is 17.4 Å². The molecule has 6 heteroatoms. The Morgan fingerprint density at radius 2 is 2.09 bits per heavy atom. The Morgan fingerprint density at radius 3 is 2.78 bits per heavy atom. The van der Waals surface area contributed by atoms with Gasteiger partial charge in [-0.05, 0) is 37.5 Å². The van der Waals surface area contributed by atoms with Gasteiger partial charge in [-0.1, -0.05) is 6.07 Å². The third kappa shape index (κ3) is 3.59. The van der Waals surface area contributed by atoms with Crippen LogP contribution < -0.4 is 10.2 Å². The standard InChI is InChI=1S/C17H20N4O2/c1-12-2-3-15(22)14(10-12)20-17(23)13-4-8-21(9-5-13)16-11-18-6-7-19-16/h2-3,6-7,10-11,13,22H,4-5,8-9H2,1H3,(H,20,23). The van der Waals surface area contributed by atoms with Crippen LogP contribution in [-0.2, 0) is 4.79 Å². The van der Waals surface area contributed by atoms with Gasteiger partial charge in [0.05, 0.1) is 11.9 Å². The van der Waals surface area contributed by atoms with Gasteiger partial charge in [0.15, 0.2) is 0 Å². The van der Waals surface area contributed by atoms with E-state index in [4.69, 9.17) is 0 Å². The molecule has 1 fully saturated rings. The number of nitrogens with zero attached hydrogens (tertiary/aromatic N) is 3. The first-order chi connectivity index (χ1) is 11.1. The number of rotatable bonds is 3. The molecule has 0 radical (unpaired) electrons. The van der Waals surface area contributed by atoms with Gasteiger partial charge >= 0.3 is 0 Å². The molecule has 1 saturated heterocycles. The van der Waals surface area contributed by atoms with E-state index in [-0.39, 0.29) is 17.6 Å². The summed E-state index contributed by atoms with van der Waals surface area (Å²) in [6.07, 6.45) is 6.59. The average Bonchev–Trinajstić information content (AvgIpc) is 2.59. The summed E-state index contributed by atoms with van der Waals surface area (Å²) in [6.45, 7) is 3.47. The first-order valence-electron chi connectivity index (χ1n) is 7.75. The molecule has 1 aromatic heterocycles. The lowest BCUT2D eigenvalue weighted by Crippen LogP contribution is -2.38. The third-order valence-corrected chi connectivity index (χ3v) is 4.15. The van der Waals surface area contributed by atoms with Crippen LogP contribution in [0.3, 0.4) is 0 Å². The number of amides is 1. The predicted octanol–water partition coefficient (Wildman–Crippen LogP) is 2.35. The Hall–Kier alpha value is -2.63. The number of carbonyl (C=O) groups excluding carboxylic acids is 1. The maximum Gasteiger partial charge on any atom is 0.227 e. The highest BCUT2D eigenvalue weighted by molar-refractivity contribution is 5.94. The molecule has 1 amide bonds. The molecule has 2 N–H and O–H groups in total. The van der Waals surface area contributed by atoms with Gasteiger partial charge in [-0.2, -0.15) is 0 Å². The second-order valence-corrected chi connectivity index (χ2v) is 5.83. The summed E-state index contributed by atoms with van der Waals surface area (Å²) in [4.78, 5) is 22.9. The van der Waals surface area contributed by atoms with E-state index in [1.807, 2.05) is 13.0 Å². The molecule has 6 nitrogen and oxygen atoms in total. The zero-order valence-corrected chi connectivity index (χ0v) is 13.1. The van der Waals surface area contributed by atoms with Crippen molar-refractivity contribution in [3.8, 4) is 5.75 Å². The second-order valence-electron chi connectivity index (χ2n) is 5.83. The molecular weight excluding hydrogens is 292 g/mol. The number of anilines is 2. The Labute approximate surface area is 135 Å². The third-order valence-electron chi connectivity index (χ3n) is 4.15.